The average Bonchev–Trinajstić information content (AvgIpc) is 2.35. The summed E-state index contributed by atoms with van der Waals surface area (Å²) < 4.78 is 38.9. The van der Waals surface area contributed by atoms with Crippen molar-refractivity contribution in [2.45, 2.75) is 45.4 Å². The van der Waals surface area contributed by atoms with Gasteiger partial charge in [-0.2, -0.15) is 0 Å². The molecule has 0 bridgehead atoms. The zero-order valence-electron chi connectivity index (χ0n) is 10.4. The molecule has 1 aromatic rings. The maximum Gasteiger partial charge on any atom is 0.195 e. The van der Waals surface area contributed by atoms with E-state index in [1.165, 1.54) is 0 Å². The minimum Gasteiger partial charge on any atom is -0.294 e. The summed E-state index contributed by atoms with van der Waals surface area (Å²) in [4.78, 5) is 11.6. The monoisotopic (exact) mass is 258 g/mol. The van der Waals surface area contributed by atoms with Crippen LogP contribution >= 0.6 is 0 Å². The number of rotatable bonds is 7. The molecule has 1 nitrogen and oxygen atoms in total. The van der Waals surface area contributed by atoms with Crippen LogP contribution < -0.4 is 0 Å². The topological polar surface area (TPSA) is 17.1 Å². The van der Waals surface area contributed by atoms with Gasteiger partial charge in [-0.25, -0.2) is 13.2 Å². The predicted octanol–water partition coefficient (Wildman–Crippen LogP) is 4.65. The Kier molecular flexibility index (Phi) is 5.89. The molecule has 1 aromatic carbocycles. The van der Waals surface area contributed by atoms with Crippen LogP contribution in [0.3, 0.4) is 0 Å². The van der Waals surface area contributed by atoms with E-state index in [-0.39, 0.29) is 12.0 Å². The molecule has 0 fully saturated rings. The highest BCUT2D eigenvalue weighted by molar-refractivity contribution is 5.96. The standard InChI is InChI=1S/C14H17F3O/c1-2-3-4-5-6-7-12(18)10-8-9-11(15)14(17)13(10)16/h8-9H,2-7H2,1H3. The lowest BCUT2D eigenvalue weighted by molar-refractivity contribution is 0.0974. The molecule has 4 heteroatoms. The highest BCUT2D eigenvalue weighted by atomic mass is 19.2. The van der Waals surface area contributed by atoms with Gasteiger partial charge in [0.25, 0.3) is 0 Å². The fraction of sp³-hybridized carbons (Fsp3) is 0.500. The van der Waals surface area contributed by atoms with E-state index in [0.29, 0.717) is 6.42 Å². The lowest BCUT2D eigenvalue weighted by atomic mass is 10.0. The third kappa shape index (κ3) is 3.86. The normalized spacial score (nSPS) is 10.7. The average molecular weight is 258 g/mol. The van der Waals surface area contributed by atoms with E-state index in [1.54, 1.807) is 0 Å². The Balaban J connectivity index is 2.54. The van der Waals surface area contributed by atoms with E-state index in [1.807, 2.05) is 0 Å². The Bertz CT molecular complexity index is 416. The first-order chi connectivity index (χ1) is 8.57. The molecular weight excluding hydrogens is 241 g/mol. The Morgan fingerprint density at radius 3 is 2.33 bits per heavy atom. The number of Topliss-reactive ketones (excluding diaryl/α,β-unsaturated/α-hetero) is 1. The molecule has 100 valence electrons. The highest BCUT2D eigenvalue weighted by Gasteiger charge is 2.18. The van der Waals surface area contributed by atoms with Crippen molar-refractivity contribution in [2.75, 3.05) is 0 Å². The van der Waals surface area contributed by atoms with Crippen molar-refractivity contribution in [3.63, 3.8) is 0 Å². The quantitative estimate of drug-likeness (QED) is 0.395. The van der Waals surface area contributed by atoms with E-state index < -0.39 is 23.2 Å². The number of carbonyl (C=O) groups is 1. The van der Waals surface area contributed by atoms with Crippen molar-refractivity contribution in [1.82, 2.24) is 0 Å². The van der Waals surface area contributed by atoms with Gasteiger partial charge in [-0.1, -0.05) is 32.6 Å². The molecule has 0 saturated heterocycles. The molecule has 1 rings (SSSR count). The van der Waals surface area contributed by atoms with Crippen LogP contribution in [0.25, 0.3) is 0 Å². The van der Waals surface area contributed by atoms with Crippen molar-refractivity contribution in [3.8, 4) is 0 Å². The highest BCUT2D eigenvalue weighted by Crippen LogP contribution is 2.18. The lowest BCUT2D eigenvalue weighted by Crippen LogP contribution is -2.05. The first kappa shape index (κ1) is 14.7. The molecule has 0 saturated carbocycles. The smallest absolute Gasteiger partial charge is 0.195 e. The summed E-state index contributed by atoms with van der Waals surface area (Å²) >= 11 is 0. The van der Waals surface area contributed by atoms with Crippen LogP contribution in [0, 0.1) is 17.5 Å². The van der Waals surface area contributed by atoms with Gasteiger partial charge >= 0.3 is 0 Å². The zero-order valence-corrected chi connectivity index (χ0v) is 10.4. The van der Waals surface area contributed by atoms with Gasteiger partial charge in [0.05, 0.1) is 5.56 Å². The van der Waals surface area contributed by atoms with E-state index in [0.717, 1.165) is 37.8 Å². The summed E-state index contributed by atoms with van der Waals surface area (Å²) in [5, 5.41) is 0. The van der Waals surface area contributed by atoms with Crippen LogP contribution in [0.5, 0.6) is 0 Å². The minimum absolute atomic E-state index is 0.172. The molecule has 0 aromatic heterocycles. The minimum atomic E-state index is -1.58. The van der Waals surface area contributed by atoms with Gasteiger partial charge in [0.1, 0.15) is 0 Å². The van der Waals surface area contributed by atoms with Crippen molar-refractivity contribution >= 4 is 5.78 Å². The molecular formula is C14H17F3O. The molecule has 0 atom stereocenters. The van der Waals surface area contributed by atoms with Crippen LogP contribution in [-0.2, 0) is 0 Å². The SMILES string of the molecule is CCCCCCCC(=O)c1ccc(F)c(F)c1F. The number of unbranched alkanes of at least 4 members (excludes halogenated alkanes) is 4. The number of halogens is 3. The summed E-state index contributed by atoms with van der Waals surface area (Å²) in [6.07, 6.45) is 4.96. The fourth-order valence-corrected chi connectivity index (χ4v) is 1.77. The van der Waals surface area contributed by atoms with E-state index in [2.05, 4.69) is 6.92 Å². The molecule has 0 heterocycles. The van der Waals surface area contributed by atoms with Gasteiger partial charge in [-0.3, -0.25) is 4.79 Å². The van der Waals surface area contributed by atoms with Crippen LogP contribution in [0.4, 0.5) is 13.2 Å². The third-order valence-electron chi connectivity index (χ3n) is 2.84. The van der Waals surface area contributed by atoms with Gasteiger partial charge < -0.3 is 0 Å². The molecule has 0 aliphatic carbocycles. The van der Waals surface area contributed by atoms with Crippen molar-refractivity contribution in [1.29, 1.82) is 0 Å². The Morgan fingerprint density at radius 2 is 1.67 bits per heavy atom. The van der Waals surface area contributed by atoms with Crippen molar-refractivity contribution in [2.24, 2.45) is 0 Å². The zero-order chi connectivity index (χ0) is 13.5. The van der Waals surface area contributed by atoms with Crippen molar-refractivity contribution < 1.29 is 18.0 Å². The second-order valence-electron chi connectivity index (χ2n) is 4.31. The van der Waals surface area contributed by atoms with Gasteiger partial charge in [0.15, 0.2) is 23.2 Å². The van der Waals surface area contributed by atoms with Gasteiger partial charge in [0.2, 0.25) is 0 Å². The molecule has 0 unspecified atom stereocenters. The van der Waals surface area contributed by atoms with Crippen LogP contribution in [0.2, 0.25) is 0 Å². The second kappa shape index (κ2) is 7.19. The predicted molar refractivity (Wildman–Crippen MR) is 64.0 cm³/mol. The second-order valence-corrected chi connectivity index (χ2v) is 4.31. The summed E-state index contributed by atoms with van der Waals surface area (Å²) in [6, 6.07) is 1.78. The van der Waals surface area contributed by atoms with Crippen LogP contribution in [0.1, 0.15) is 55.8 Å². The maximum atomic E-state index is 13.3. The lowest BCUT2D eigenvalue weighted by Gasteiger charge is -2.04. The van der Waals surface area contributed by atoms with E-state index in [4.69, 9.17) is 0 Å². The number of hydrogen-bond acceptors (Lipinski definition) is 1. The van der Waals surface area contributed by atoms with E-state index in [9.17, 15) is 18.0 Å². The Morgan fingerprint density at radius 1 is 1.00 bits per heavy atom. The molecule has 0 aliphatic rings. The molecule has 0 amide bonds. The number of benzene rings is 1. The van der Waals surface area contributed by atoms with Crippen LogP contribution in [0.15, 0.2) is 12.1 Å². The number of carbonyl (C=O) groups excluding carboxylic acids is 1. The first-order valence-corrected chi connectivity index (χ1v) is 6.24. The molecule has 0 spiro atoms. The molecule has 0 radical (unpaired) electrons. The van der Waals surface area contributed by atoms with Gasteiger partial charge in [-0.05, 0) is 18.6 Å². The molecule has 0 aliphatic heterocycles. The number of ketones is 1. The summed E-state index contributed by atoms with van der Waals surface area (Å²) in [5.74, 6) is -4.70. The van der Waals surface area contributed by atoms with Gasteiger partial charge in [0, 0.05) is 6.42 Å². The number of hydrogen-bond donors (Lipinski definition) is 0. The maximum absolute atomic E-state index is 13.3. The van der Waals surface area contributed by atoms with E-state index >= 15 is 0 Å². The third-order valence-corrected chi connectivity index (χ3v) is 2.84. The summed E-state index contributed by atoms with van der Waals surface area (Å²) in [5.41, 5.74) is -0.357. The first-order valence-electron chi connectivity index (χ1n) is 6.24. The largest absolute Gasteiger partial charge is 0.294 e. The van der Waals surface area contributed by atoms with Crippen LogP contribution in [-0.4, -0.2) is 5.78 Å². The Hall–Kier alpha value is -1.32. The van der Waals surface area contributed by atoms with Crippen molar-refractivity contribution in [3.05, 3.63) is 35.1 Å². The summed E-state index contributed by atoms with van der Waals surface area (Å²) in [7, 11) is 0. The van der Waals surface area contributed by atoms with Gasteiger partial charge in [-0.15, -0.1) is 0 Å². The summed E-state index contributed by atoms with van der Waals surface area (Å²) in [6.45, 7) is 2.09. The molecule has 18 heavy (non-hydrogen) atoms. The molecule has 0 N–H and O–H groups in total. The fourth-order valence-electron chi connectivity index (χ4n) is 1.77. The Labute approximate surface area is 105 Å².